The zero-order valence-corrected chi connectivity index (χ0v) is 12.0. The summed E-state index contributed by atoms with van der Waals surface area (Å²) in [5, 5.41) is 3.33. The summed E-state index contributed by atoms with van der Waals surface area (Å²) in [4.78, 5) is 2.18. The van der Waals surface area contributed by atoms with Crippen LogP contribution in [0.15, 0.2) is 0 Å². The van der Waals surface area contributed by atoms with Crippen molar-refractivity contribution >= 4 is 0 Å². The summed E-state index contributed by atoms with van der Waals surface area (Å²) in [5.74, 6) is 0.559. The van der Waals surface area contributed by atoms with Crippen LogP contribution in [-0.4, -0.2) is 70.7 Å². The van der Waals surface area contributed by atoms with E-state index in [1.165, 1.54) is 6.42 Å². The van der Waals surface area contributed by atoms with E-state index in [-0.39, 0.29) is 6.61 Å². The van der Waals surface area contributed by atoms with Crippen LogP contribution in [-0.2, 0) is 9.47 Å². The fourth-order valence-corrected chi connectivity index (χ4v) is 2.38. The van der Waals surface area contributed by atoms with Crippen molar-refractivity contribution in [1.82, 2.24) is 10.2 Å². The molecule has 0 amide bonds. The van der Waals surface area contributed by atoms with E-state index in [9.17, 15) is 13.2 Å². The molecule has 1 saturated heterocycles. The highest BCUT2D eigenvalue weighted by molar-refractivity contribution is 4.74. The Balaban J connectivity index is 2.08. The number of hydrogen-bond acceptors (Lipinski definition) is 4. The molecule has 0 saturated carbocycles. The molecule has 1 aliphatic rings. The van der Waals surface area contributed by atoms with Crippen LogP contribution in [0.5, 0.6) is 0 Å². The van der Waals surface area contributed by atoms with Gasteiger partial charge in [-0.05, 0) is 31.8 Å². The zero-order chi connectivity index (χ0) is 14.8. The molecule has 120 valence electrons. The Hall–Kier alpha value is -0.370. The third-order valence-electron chi connectivity index (χ3n) is 3.34. The smallest absolute Gasteiger partial charge is 0.383 e. The second kappa shape index (κ2) is 9.55. The first kappa shape index (κ1) is 17.7. The highest BCUT2D eigenvalue weighted by Crippen LogP contribution is 2.16. The van der Waals surface area contributed by atoms with Gasteiger partial charge in [0.05, 0.1) is 13.2 Å². The Bertz CT molecular complexity index is 252. The standard InChI is InChI=1S/C13H25F3N2O2/c1-19-7-4-17-9-12-3-2-5-18(10-12)6-8-20-11-13(14,15)16/h12,17H,2-11H2,1H3. The zero-order valence-electron chi connectivity index (χ0n) is 12.0. The number of nitrogens with zero attached hydrogens (tertiary/aromatic N) is 1. The minimum atomic E-state index is -4.23. The summed E-state index contributed by atoms with van der Waals surface area (Å²) in [5.41, 5.74) is 0. The minimum absolute atomic E-state index is 0.142. The van der Waals surface area contributed by atoms with Crippen molar-refractivity contribution in [3.05, 3.63) is 0 Å². The molecule has 20 heavy (non-hydrogen) atoms. The molecule has 0 radical (unpaired) electrons. The van der Waals surface area contributed by atoms with Crippen LogP contribution in [0.4, 0.5) is 13.2 Å². The van der Waals surface area contributed by atoms with E-state index in [2.05, 4.69) is 15.0 Å². The van der Waals surface area contributed by atoms with E-state index in [1.807, 2.05) is 0 Å². The lowest BCUT2D eigenvalue weighted by Crippen LogP contribution is -2.41. The number of methoxy groups -OCH3 is 1. The topological polar surface area (TPSA) is 33.7 Å². The molecule has 0 aliphatic carbocycles. The second-order valence-electron chi connectivity index (χ2n) is 5.17. The SMILES string of the molecule is COCCNCC1CCCN(CCOCC(F)(F)F)C1. The maximum Gasteiger partial charge on any atom is 0.411 e. The molecule has 0 spiro atoms. The fourth-order valence-electron chi connectivity index (χ4n) is 2.38. The van der Waals surface area contributed by atoms with Gasteiger partial charge in [0.15, 0.2) is 0 Å². The summed E-state index contributed by atoms with van der Waals surface area (Å²) in [6.45, 7) is 3.91. The Kier molecular flexibility index (Phi) is 8.44. The molecule has 1 fully saturated rings. The van der Waals surface area contributed by atoms with E-state index < -0.39 is 12.8 Å². The summed E-state index contributed by atoms with van der Waals surface area (Å²) in [6, 6.07) is 0. The molecule has 1 N–H and O–H groups in total. The Morgan fingerprint density at radius 3 is 2.80 bits per heavy atom. The van der Waals surface area contributed by atoms with Crippen molar-refractivity contribution in [3.63, 3.8) is 0 Å². The van der Waals surface area contributed by atoms with Gasteiger partial charge < -0.3 is 19.7 Å². The summed E-state index contributed by atoms with van der Waals surface area (Å²) in [7, 11) is 1.67. The van der Waals surface area contributed by atoms with Gasteiger partial charge in [-0.3, -0.25) is 0 Å². The molecule has 1 unspecified atom stereocenters. The number of halogens is 3. The van der Waals surface area contributed by atoms with Crippen molar-refractivity contribution in [1.29, 1.82) is 0 Å². The largest absolute Gasteiger partial charge is 0.411 e. The van der Waals surface area contributed by atoms with Crippen LogP contribution in [0.1, 0.15) is 12.8 Å². The van der Waals surface area contributed by atoms with Gasteiger partial charge >= 0.3 is 6.18 Å². The van der Waals surface area contributed by atoms with Crippen molar-refractivity contribution in [2.45, 2.75) is 19.0 Å². The van der Waals surface area contributed by atoms with Crippen LogP contribution in [0, 0.1) is 5.92 Å². The second-order valence-corrected chi connectivity index (χ2v) is 5.17. The third-order valence-corrected chi connectivity index (χ3v) is 3.34. The van der Waals surface area contributed by atoms with Crippen LogP contribution >= 0.6 is 0 Å². The summed E-state index contributed by atoms with van der Waals surface area (Å²) < 4.78 is 45.4. The summed E-state index contributed by atoms with van der Waals surface area (Å²) >= 11 is 0. The van der Waals surface area contributed by atoms with E-state index in [4.69, 9.17) is 4.74 Å². The molecule has 4 nitrogen and oxygen atoms in total. The van der Waals surface area contributed by atoms with Crippen molar-refractivity contribution < 1.29 is 22.6 Å². The van der Waals surface area contributed by atoms with Gasteiger partial charge in [-0.1, -0.05) is 0 Å². The number of ether oxygens (including phenoxy) is 2. The van der Waals surface area contributed by atoms with Gasteiger partial charge in [0.25, 0.3) is 0 Å². The predicted molar refractivity (Wildman–Crippen MR) is 70.8 cm³/mol. The molecule has 7 heteroatoms. The number of rotatable bonds is 9. The van der Waals surface area contributed by atoms with Gasteiger partial charge in [-0.25, -0.2) is 0 Å². The highest BCUT2D eigenvalue weighted by Gasteiger charge is 2.27. The fraction of sp³-hybridized carbons (Fsp3) is 1.00. The van der Waals surface area contributed by atoms with E-state index in [1.54, 1.807) is 7.11 Å². The van der Waals surface area contributed by atoms with E-state index in [0.29, 0.717) is 19.1 Å². The van der Waals surface area contributed by atoms with Crippen LogP contribution in [0.25, 0.3) is 0 Å². The number of alkyl halides is 3. The molecular formula is C13H25F3N2O2. The highest BCUT2D eigenvalue weighted by atomic mass is 19.4. The van der Waals surface area contributed by atoms with E-state index >= 15 is 0 Å². The monoisotopic (exact) mass is 298 g/mol. The van der Waals surface area contributed by atoms with Crippen molar-refractivity contribution in [3.8, 4) is 0 Å². The molecule has 0 aromatic carbocycles. The lowest BCUT2D eigenvalue weighted by atomic mass is 9.98. The Labute approximate surface area is 118 Å². The molecule has 1 rings (SSSR count). The molecule has 1 aliphatic heterocycles. The third kappa shape index (κ3) is 8.73. The van der Waals surface area contributed by atoms with Crippen LogP contribution in [0.2, 0.25) is 0 Å². The number of hydrogen-bond donors (Lipinski definition) is 1. The molecule has 0 aromatic heterocycles. The van der Waals surface area contributed by atoms with Crippen LogP contribution < -0.4 is 5.32 Å². The van der Waals surface area contributed by atoms with Crippen molar-refractivity contribution in [2.24, 2.45) is 5.92 Å². The lowest BCUT2D eigenvalue weighted by Gasteiger charge is -2.32. The minimum Gasteiger partial charge on any atom is -0.383 e. The van der Waals surface area contributed by atoms with Gasteiger partial charge in [0.1, 0.15) is 6.61 Å². The molecule has 0 bridgehead atoms. The Morgan fingerprint density at radius 2 is 2.10 bits per heavy atom. The maximum absolute atomic E-state index is 11.9. The average molecular weight is 298 g/mol. The van der Waals surface area contributed by atoms with Gasteiger partial charge in [-0.15, -0.1) is 0 Å². The van der Waals surface area contributed by atoms with Gasteiger partial charge in [0.2, 0.25) is 0 Å². The number of nitrogens with one attached hydrogen (secondary N) is 1. The first-order valence-corrected chi connectivity index (χ1v) is 7.08. The molecule has 1 atom stereocenters. The molecular weight excluding hydrogens is 273 g/mol. The van der Waals surface area contributed by atoms with Crippen molar-refractivity contribution in [2.75, 3.05) is 59.7 Å². The average Bonchev–Trinajstić information content (AvgIpc) is 2.39. The molecule has 0 aromatic rings. The lowest BCUT2D eigenvalue weighted by molar-refractivity contribution is -0.174. The maximum atomic E-state index is 11.9. The predicted octanol–water partition coefficient (Wildman–Crippen LogP) is 1.51. The number of piperidine rings is 1. The van der Waals surface area contributed by atoms with Gasteiger partial charge in [-0.2, -0.15) is 13.2 Å². The summed E-state index contributed by atoms with van der Waals surface area (Å²) in [6.07, 6.45) is -1.97. The Morgan fingerprint density at radius 1 is 1.30 bits per heavy atom. The first-order chi connectivity index (χ1) is 9.51. The number of likely N-dealkylation sites (tertiary alicyclic amines) is 1. The van der Waals surface area contributed by atoms with Crippen LogP contribution in [0.3, 0.4) is 0 Å². The molecule has 1 heterocycles. The van der Waals surface area contributed by atoms with E-state index in [0.717, 1.165) is 32.6 Å². The van der Waals surface area contributed by atoms with Gasteiger partial charge in [0, 0.05) is 26.7 Å². The quantitative estimate of drug-likeness (QED) is 0.654. The first-order valence-electron chi connectivity index (χ1n) is 7.08. The normalized spacial score (nSPS) is 21.3.